The highest BCUT2D eigenvalue weighted by atomic mass is 79.9. The van der Waals surface area contributed by atoms with E-state index in [1.807, 2.05) is 49.5 Å². The summed E-state index contributed by atoms with van der Waals surface area (Å²) < 4.78 is 0.989. The zero-order valence-corrected chi connectivity index (χ0v) is 12.4. The number of benzene rings is 2. The fourth-order valence-electron chi connectivity index (χ4n) is 1.76. The molecule has 0 aliphatic carbocycles. The molecule has 0 saturated heterocycles. The van der Waals surface area contributed by atoms with Gasteiger partial charge in [-0.2, -0.15) is 0 Å². The molecule has 0 radical (unpaired) electrons. The van der Waals surface area contributed by atoms with Gasteiger partial charge in [0.25, 0.3) is 0 Å². The lowest BCUT2D eigenvalue weighted by Gasteiger charge is -2.20. The molecule has 2 rings (SSSR count). The Morgan fingerprint density at radius 2 is 2.00 bits per heavy atom. The fraction of sp³-hybridized carbons (Fsp3) is 0.143. The molecule has 0 spiro atoms. The number of nitrogens with zero attached hydrogens (tertiary/aromatic N) is 1. The molecule has 0 aliphatic heterocycles. The Kier molecular flexibility index (Phi) is 4.15. The van der Waals surface area contributed by atoms with Gasteiger partial charge >= 0.3 is 0 Å². The maximum atomic E-state index is 6.21. The molecule has 0 amide bonds. The Labute approximate surface area is 120 Å². The standard InChI is InChI=1S/C14H14BrClN2/c1-18(13-4-2-3-12(17)8-13)9-10-5-6-11(15)7-14(10)16/h2-8H,9,17H2,1H3. The summed E-state index contributed by atoms with van der Waals surface area (Å²) in [5, 5.41) is 0.764. The molecule has 4 heteroatoms. The van der Waals surface area contributed by atoms with Crippen LogP contribution in [0.1, 0.15) is 5.56 Å². The lowest BCUT2D eigenvalue weighted by molar-refractivity contribution is 0.923. The maximum Gasteiger partial charge on any atom is 0.0467 e. The predicted octanol–water partition coefficient (Wildman–Crippen LogP) is 4.32. The molecule has 0 unspecified atom stereocenters. The van der Waals surface area contributed by atoms with Gasteiger partial charge in [-0.1, -0.05) is 39.7 Å². The average Bonchev–Trinajstić information content (AvgIpc) is 2.32. The van der Waals surface area contributed by atoms with Gasteiger partial charge < -0.3 is 10.6 Å². The molecule has 0 saturated carbocycles. The molecule has 18 heavy (non-hydrogen) atoms. The quantitative estimate of drug-likeness (QED) is 0.852. The second-order valence-electron chi connectivity index (χ2n) is 4.19. The third-order valence-electron chi connectivity index (χ3n) is 2.73. The van der Waals surface area contributed by atoms with Crippen LogP contribution in [-0.4, -0.2) is 7.05 Å². The van der Waals surface area contributed by atoms with Crippen LogP contribution < -0.4 is 10.6 Å². The molecule has 2 aromatic carbocycles. The van der Waals surface area contributed by atoms with Crippen LogP contribution in [0.25, 0.3) is 0 Å². The van der Waals surface area contributed by atoms with Gasteiger partial charge in [0, 0.05) is 34.5 Å². The molecule has 2 N–H and O–H groups in total. The van der Waals surface area contributed by atoms with Crippen molar-refractivity contribution in [3.63, 3.8) is 0 Å². The Bertz CT molecular complexity index is 557. The Morgan fingerprint density at radius 1 is 1.22 bits per heavy atom. The van der Waals surface area contributed by atoms with Gasteiger partial charge in [0.15, 0.2) is 0 Å². The van der Waals surface area contributed by atoms with Crippen LogP contribution in [0, 0.1) is 0 Å². The highest BCUT2D eigenvalue weighted by Crippen LogP contribution is 2.24. The van der Waals surface area contributed by atoms with Gasteiger partial charge in [0.05, 0.1) is 0 Å². The second-order valence-corrected chi connectivity index (χ2v) is 5.51. The van der Waals surface area contributed by atoms with Crippen molar-refractivity contribution >= 4 is 38.9 Å². The maximum absolute atomic E-state index is 6.21. The van der Waals surface area contributed by atoms with E-state index in [2.05, 4.69) is 20.8 Å². The van der Waals surface area contributed by atoms with Crippen molar-refractivity contribution in [2.24, 2.45) is 0 Å². The molecule has 94 valence electrons. The first-order valence-electron chi connectivity index (χ1n) is 5.57. The van der Waals surface area contributed by atoms with Crippen molar-refractivity contribution < 1.29 is 0 Å². The van der Waals surface area contributed by atoms with Crippen molar-refractivity contribution in [1.29, 1.82) is 0 Å². The summed E-state index contributed by atoms with van der Waals surface area (Å²) in [5.41, 5.74) is 8.71. The van der Waals surface area contributed by atoms with Crippen LogP contribution in [-0.2, 0) is 6.54 Å². The highest BCUT2D eigenvalue weighted by molar-refractivity contribution is 9.10. The van der Waals surface area contributed by atoms with E-state index in [4.69, 9.17) is 17.3 Å². The van der Waals surface area contributed by atoms with E-state index in [0.29, 0.717) is 0 Å². The smallest absolute Gasteiger partial charge is 0.0467 e. The minimum atomic E-state index is 0.746. The topological polar surface area (TPSA) is 29.3 Å². The summed E-state index contributed by atoms with van der Waals surface area (Å²) >= 11 is 9.61. The number of hydrogen-bond donors (Lipinski definition) is 1. The van der Waals surface area contributed by atoms with E-state index >= 15 is 0 Å². The van der Waals surface area contributed by atoms with Crippen LogP contribution in [0.2, 0.25) is 5.02 Å². The Morgan fingerprint density at radius 3 is 2.67 bits per heavy atom. The van der Waals surface area contributed by atoms with Gasteiger partial charge in [0.1, 0.15) is 0 Å². The van der Waals surface area contributed by atoms with Crippen molar-refractivity contribution in [2.75, 3.05) is 17.7 Å². The molecular weight excluding hydrogens is 312 g/mol. The minimum absolute atomic E-state index is 0.746. The lowest BCUT2D eigenvalue weighted by Crippen LogP contribution is -2.16. The monoisotopic (exact) mass is 324 g/mol. The number of anilines is 2. The van der Waals surface area contributed by atoms with Crippen LogP contribution in [0.15, 0.2) is 46.9 Å². The summed E-state index contributed by atoms with van der Waals surface area (Å²) in [4.78, 5) is 2.12. The summed E-state index contributed by atoms with van der Waals surface area (Å²) in [6.07, 6.45) is 0. The Hall–Kier alpha value is -1.19. The third-order valence-corrected chi connectivity index (χ3v) is 3.58. The van der Waals surface area contributed by atoms with Gasteiger partial charge in [0.2, 0.25) is 0 Å². The van der Waals surface area contributed by atoms with E-state index in [1.54, 1.807) is 0 Å². The van der Waals surface area contributed by atoms with E-state index in [0.717, 1.165) is 33.0 Å². The molecule has 0 aliphatic rings. The number of rotatable bonds is 3. The minimum Gasteiger partial charge on any atom is -0.399 e. The van der Waals surface area contributed by atoms with Crippen molar-refractivity contribution in [3.05, 3.63) is 57.5 Å². The molecule has 2 nitrogen and oxygen atoms in total. The first-order valence-corrected chi connectivity index (χ1v) is 6.74. The molecule has 0 fully saturated rings. The number of halogens is 2. The third kappa shape index (κ3) is 3.18. The normalized spacial score (nSPS) is 10.4. The number of nitrogens with two attached hydrogens (primary N) is 1. The lowest BCUT2D eigenvalue weighted by atomic mass is 10.2. The molecule has 0 aromatic heterocycles. The van der Waals surface area contributed by atoms with Gasteiger partial charge in [-0.15, -0.1) is 0 Å². The average molecular weight is 326 g/mol. The number of hydrogen-bond acceptors (Lipinski definition) is 2. The molecular formula is C14H14BrClN2. The largest absolute Gasteiger partial charge is 0.399 e. The number of nitrogen functional groups attached to an aromatic ring is 1. The first-order chi connectivity index (χ1) is 8.56. The van der Waals surface area contributed by atoms with Crippen LogP contribution in [0.4, 0.5) is 11.4 Å². The van der Waals surface area contributed by atoms with E-state index in [9.17, 15) is 0 Å². The summed E-state index contributed by atoms with van der Waals surface area (Å²) in [6.45, 7) is 0.746. The van der Waals surface area contributed by atoms with E-state index in [-0.39, 0.29) is 0 Å². The van der Waals surface area contributed by atoms with Gasteiger partial charge in [-0.25, -0.2) is 0 Å². The molecule has 2 aromatic rings. The van der Waals surface area contributed by atoms with Gasteiger partial charge in [-0.05, 0) is 35.9 Å². The van der Waals surface area contributed by atoms with E-state index in [1.165, 1.54) is 0 Å². The highest BCUT2D eigenvalue weighted by Gasteiger charge is 2.06. The van der Waals surface area contributed by atoms with Crippen LogP contribution in [0.3, 0.4) is 0 Å². The van der Waals surface area contributed by atoms with Crippen molar-refractivity contribution in [3.8, 4) is 0 Å². The predicted molar refractivity (Wildman–Crippen MR) is 82.1 cm³/mol. The van der Waals surface area contributed by atoms with Crippen LogP contribution in [0.5, 0.6) is 0 Å². The van der Waals surface area contributed by atoms with E-state index < -0.39 is 0 Å². The first kappa shape index (κ1) is 13.2. The fourth-order valence-corrected chi connectivity index (χ4v) is 2.49. The zero-order valence-electron chi connectivity index (χ0n) is 10.0. The SMILES string of the molecule is CN(Cc1ccc(Br)cc1Cl)c1cccc(N)c1. The molecule has 0 heterocycles. The summed E-state index contributed by atoms with van der Waals surface area (Å²) in [5.74, 6) is 0. The van der Waals surface area contributed by atoms with Crippen LogP contribution >= 0.6 is 27.5 Å². The summed E-state index contributed by atoms with van der Waals surface area (Å²) in [6, 6.07) is 13.7. The summed E-state index contributed by atoms with van der Waals surface area (Å²) in [7, 11) is 2.02. The van der Waals surface area contributed by atoms with Crippen molar-refractivity contribution in [2.45, 2.75) is 6.54 Å². The molecule has 0 bridgehead atoms. The van der Waals surface area contributed by atoms with Crippen molar-refractivity contribution in [1.82, 2.24) is 0 Å². The van der Waals surface area contributed by atoms with Gasteiger partial charge in [-0.3, -0.25) is 0 Å². The Balaban J connectivity index is 2.18. The zero-order chi connectivity index (χ0) is 13.1. The molecule has 0 atom stereocenters. The second kappa shape index (κ2) is 5.63.